The summed E-state index contributed by atoms with van der Waals surface area (Å²) in [7, 11) is 0. The van der Waals surface area contributed by atoms with E-state index in [2.05, 4.69) is 16.7 Å². The van der Waals surface area contributed by atoms with Gasteiger partial charge in [-0.3, -0.25) is 4.79 Å². The number of carbonyl (C=O) groups excluding carboxylic acids is 1. The molecule has 0 aromatic carbocycles. The van der Waals surface area contributed by atoms with E-state index in [9.17, 15) is 4.79 Å². The van der Waals surface area contributed by atoms with E-state index in [1.165, 1.54) is 17.8 Å². The summed E-state index contributed by atoms with van der Waals surface area (Å²) in [4.78, 5) is 11.3. The van der Waals surface area contributed by atoms with Gasteiger partial charge in [0.05, 0.1) is 18.0 Å². The van der Waals surface area contributed by atoms with Gasteiger partial charge in [0.2, 0.25) is 5.91 Å². The van der Waals surface area contributed by atoms with Crippen LogP contribution in [0.4, 0.5) is 0 Å². The van der Waals surface area contributed by atoms with Gasteiger partial charge in [-0.2, -0.15) is 5.26 Å². The highest BCUT2D eigenvalue weighted by Crippen LogP contribution is 2.07. The first-order valence-corrected chi connectivity index (χ1v) is 5.67. The Labute approximate surface area is 99.9 Å². The van der Waals surface area contributed by atoms with Crippen LogP contribution < -0.4 is 10.6 Å². The normalized spacial score (nSPS) is 24.5. The number of thioether (sulfide) groups is 1. The van der Waals surface area contributed by atoms with Gasteiger partial charge in [0.15, 0.2) is 0 Å². The molecule has 0 aromatic heterocycles. The predicted molar refractivity (Wildman–Crippen MR) is 63.8 cm³/mol. The van der Waals surface area contributed by atoms with E-state index in [1.54, 1.807) is 5.41 Å². The number of carbonyl (C=O) groups is 1. The Morgan fingerprint density at radius 3 is 3.00 bits per heavy atom. The van der Waals surface area contributed by atoms with E-state index in [1.807, 2.05) is 6.26 Å². The second-order valence-corrected chi connectivity index (χ2v) is 3.79. The first-order valence-electron chi connectivity index (χ1n) is 4.38. The van der Waals surface area contributed by atoms with Gasteiger partial charge in [-0.1, -0.05) is 0 Å². The maximum Gasteiger partial charge on any atom is 0.244 e. The monoisotopic (exact) mass is 247 g/mol. The summed E-state index contributed by atoms with van der Waals surface area (Å²) in [5.74, 6) is -0.241. The van der Waals surface area contributed by atoms with Gasteiger partial charge in [0.1, 0.15) is 0 Å². The quantitative estimate of drug-likeness (QED) is 0.714. The van der Waals surface area contributed by atoms with Crippen LogP contribution in [0.15, 0.2) is 11.5 Å². The molecule has 1 saturated heterocycles. The van der Waals surface area contributed by atoms with E-state index in [0.29, 0.717) is 13.1 Å². The lowest BCUT2D eigenvalue weighted by Gasteiger charge is -2.12. The maximum absolute atomic E-state index is 11.3. The minimum absolute atomic E-state index is 0. The van der Waals surface area contributed by atoms with E-state index in [4.69, 9.17) is 5.26 Å². The fourth-order valence-electron chi connectivity index (χ4n) is 1.33. The van der Waals surface area contributed by atoms with Crippen molar-refractivity contribution in [3.8, 4) is 6.07 Å². The van der Waals surface area contributed by atoms with Crippen LogP contribution in [0.5, 0.6) is 0 Å². The van der Waals surface area contributed by atoms with Gasteiger partial charge < -0.3 is 10.6 Å². The smallest absolute Gasteiger partial charge is 0.244 e. The molecule has 1 aliphatic heterocycles. The molecule has 1 aliphatic rings. The molecule has 1 amide bonds. The Hall–Kier alpha value is -0.700. The fraction of sp³-hybridized carbons (Fsp3) is 0.556. The number of nitrogens with one attached hydrogen (secondary N) is 2. The second-order valence-electron chi connectivity index (χ2n) is 3.05. The summed E-state index contributed by atoms with van der Waals surface area (Å²) in [5, 5.41) is 16.3. The van der Waals surface area contributed by atoms with E-state index < -0.39 is 0 Å². The van der Waals surface area contributed by atoms with Crippen molar-refractivity contribution in [2.45, 2.75) is 6.04 Å². The van der Waals surface area contributed by atoms with Crippen molar-refractivity contribution in [3.05, 3.63) is 11.5 Å². The predicted octanol–water partition coefficient (Wildman–Crippen LogP) is 0.513. The zero-order valence-electron chi connectivity index (χ0n) is 8.40. The summed E-state index contributed by atoms with van der Waals surface area (Å²) in [6, 6.07) is 2.11. The third-order valence-corrected chi connectivity index (χ3v) is 2.47. The first-order chi connectivity index (χ1) is 6.77. The maximum atomic E-state index is 11.3. The molecule has 0 aromatic rings. The third kappa shape index (κ3) is 4.56. The van der Waals surface area contributed by atoms with Gasteiger partial charge in [-0.05, 0) is 11.7 Å². The number of hydrogen-bond donors (Lipinski definition) is 2. The summed E-state index contributed by atoms with van der Waals surface area (Å²) in [5.41, 5.74) is 0. The highest BCUT2D eigenvalue weighted by atomic mass is 35.5. The number of nitriles is 1. The van der Waals surface area contributed by atoms with E-state index in [-0.39, 0.29) is 30.3 Å². The lowest BCUT2D eigenvalue weighted by molar-refractivity contribution is -0.117. The Bertz CT molecular complexity index is 277. The van der Waals surface area contributed by atoms with Crippen LogP contribution in [0.25, 0.3) is 0 Å². The van der Waals surface area contributed by atoms with Gasteiger partial charge in [-0.25, -0.2) is 0 Å². The van der Waals surface area contributed by atoms with Gasteiger partial charge >= 0.3 is 0 Å². The Kier molecular flexibility index (Phi) is 7.22. The van der Waals surface area contributed by atoms with Crippen LogP contribution >= 0.6 is 24.2 Å². The largest absolute Gasteiger partial charge is 0.347 e. The molecule has 1 fully saturated rings. The molecule has 15 heavy (non-hydrogen) atoms. The number of halogens is 1. The van der Waals surface area contributed by atoms with Crippen molar-refractivity contribution < 1.29 is 4.79 Å². The molecule has 0 bridgehead atoms. The van der Waals surface area contributed by atoms with Crippen molar-refractivity contribution >= 4 is 30.1 Å². The molecule has 6 heteroatoms. The summed E-state index contributed by atoms with van der Waals surface area (Å²) < 4.78 is 0. The molecule has 2 unspecified atom stereocenters. The molecule has 4 nitrogen and oxygen atoms in total. The minimum atomic E-state index is -0.131. The summed E-state index contributed by atoms with van der Waals surface area (Å²) >= 11 is 1.47. The van der Waals surface area contributed by atoms with Crippen LogP contribution in [0, 0.1) is 17.2 Å². The number of rotatable bonds is 3. The lowest BCUT2D eigenvalue weighted by Crippen LogP contribution is -2.39. The summed E-state index contributed by atoms with van der Waals surface area (Å²) in [6.07, 6.45) is 3.37. The molecule has 84 valence electrons. The molecule has 1 rings (SSSR count). The Balaban J connectivity index is 0.00000196. The zero-order valence-corrected chi connectivity index (χ0v) is 10.0. The molecule has 0 saturated carbocycles. The fourth-order valence-corrected chi connectivity index (χ4v) is 1.59. The molecule has 0 radical (unpaired) electrons. The lowest BCUT2D eigenvalue weighted by atomic mass is 10.1. The van der Waals surface area contributed by atoms with E-state index >= 15 is 0 Å². The van der Waals surface area contributed by atoms with Crippen LogP contribution in [-0.4, -0.2) is 31.3 Å². The van der Waals surface area contributed by atoms with E-state index in [0.717, 1.165) is 0 Å². The van der Waals surface area contributed by atoms with Crippen LogP contribution in [0.2, 0.25) is 0 Å². The van der Waals surface area contributed by atoms with Crippen LogP contribution in [-0.2, 0) is 4.79 Å². The highest BCUT2D eigenvalue weighted by molar-refractivity contribution is 8.01. The Morgan fingerprint density at radius 1 is 1.67 bits per heavy atom. The van der Waals surface area contributed by atoms with Gasteiger partial charge in [-0.15, -0.1) is 24.2 Å². The molecular weight excluding hydrogens is 234 g/mol. The van der Waals surface area contributed by atoms with Crippen molar-refractivity contribution in [2.24, 2.45) is 5.92 Å². The highest BCUT2D eigenvalue weighted by Gasteiger charge is 2.27. The number of nitrogens with zero attached hydrogens (tertiary/aromatic N) is 1. The average Bonchev–Trinajstić information content (AvgIpc) is 2.62. The molecule has 2 atom stereocenters. The molecule has 0 spiro atoms. The van der Waals surface area contributed by atoms with Crippen LogP contribution in [0.1, 0.15) is 0 Å². The number of amides is 1. The van der Waals surface area contributed by atoms with Crippen molar-refractivity contribution in [2.75, 3.05) is 19.3 Å². The molecule has 1 heterocycles. The van der Waals surface area contributed by atoms with Gasteiger partial charge in [0, 0.05) is 19.2 Å². The third-order valence-electron chi connectivity index (χ3n) is 2.06. The molecule has 2 N–H and O–H groups in total. The first kappa shape index (κ1) is 14.3. The molecular formula is C9H14ClN3OS. The number of hydrogen-bond acceptors (Lipinski definition) is 4. The van der Waals surface area contributed by atoms with Crippen molar-refractivity contribution in [1.29, 1.82) is 5.26 Å². The van der Waals surface area contributed by atoms with Gasteiger partial charge in [0.25, 0.3) is 0 Å². The molecule has 0 aliphatic carbocycles. The Morgan fingerprint density at radius 2 is 2.40 bits per heavy atom. The SMILES string of the molecule is CS/C=C/C(=O)NC1CNCC1C#N.Cl. The minimum Gasteiger partial charge on any atom is -0.347 e. The standard InChI is InChI=1S/C9H13N3OS.ClH/c1-14-3-2-9(13)12-8-6-11-5-7(8)4-10;/h2-3,7-8,11H,5-6H2,1H3,(H,12,13);1H/b3-2+;. The second kappa shape index (κ2) is 7.57. The topological polar surface area (TPSA) is 64.9 Å². The van der Waals surface area contributed by atoms with Crippen molar-refractivity contribution in [3.63, 3.8) is 0 Å². The zero-order chi connectivity index (χ0) is 10.4. The van der Waals surface area contributed by atoms with Crippen molar-refractivity contribution in [1.82, 2.24) is 10.6 Å². The average molecular weight is 248 g/mol. The van der Waals surface area contributed by atoms with Crippen LogP contribution in [0.3, 0.4) is 0 Å². The summed E-state index contributed by atoms with van der Waals surface area (Å²) in [6.45, 7) is 1.34.